The third kappa shape index (κ3) is 2.57. The summed E-state index contributed by atoms with van der Waals surface area (Å²) in [4.78, 5) is 8.77. The van der Waals surface area contributed by atoms with Gasteiger partial charge in [0.15, 0.2) is 5.03 Å². The minimum Gasteiger partial charge on any atom is -0.335 e. The van der Waals surface area contributed by atoms with E-state index in [1.54, 1.807) is 0 Å². The summed E-state index contributed by atoms with van der Waals surface area (Å²) in [5.41, 5.74) is 0. The monoisotopic (exact) mass is 272 g/mol. The van der Waals surface area contributed by atoms with Crippen LogP contribution < -0.4 is 0 Å². The first-order valence-electron chi connectivity index (χ1n) is 6.28. The summed E-state index contributed by atoms with van der Waals surface area (Å²) in [7, 11) is -3.39. The largest absolute Gasteiger partial charge is 0.335 e. The average molecular weight is 272 g/mol. The highest BCUT2D eigenvalue weighted by molar-refractivity contribution is 7.89. The summed E-state index contributed by atoms with van der Waals surface area (Å²) in [5.74, 6) is 0. The maximum absolute atomic E-state index is 12.2. The quantitative estimate of drug-likeness (QED) is 0.867. The van der Waals surface area contributed by atoms with Crippen LogP contribution in [0.5, 0.6) is 0 Å². The number of piperazine rings is 1. The predicted octanol–water partition coefficient (Wildman–Crippen LogP) is 0.515. The maximum Gasteiger partial charge on any atom is 0.260 e. The van der Waals surface area contributed by atoms with Crippen molar-refractivity contribution in [3.63, 3.8) is 0 Å². The fraction of sp³-hybridized carbons (Fsp3) is 0.727. The number of nitrogens with zero attached hydrogens (tertiary/aromatic N) is 3. The van der Waals surface area contributed by atoms with Crippen LogP contribution in [0.15, 0.2) is 17.6 Å². The smallest absolute Gasteiger partial charge is 0.260 e. The van der Waals surface area contributed by atoms with Crippen molar-refractivity contribution in [3.8, 4) is 0 Å². The lowest BCUT2D eigenvalue weighted by atomic mass is 10.2. The zero-order valence-electron chi connectivity index (χ0n) is 10.8. The number of hydrogen-bond acceptors (Lipinski definition) is 4. The molecule has 0 radical (unpaired) electrons. The molecule has 7 heteroatoms. The molecule has 0 amide bonds. The van der Waals surface area contributed by atoms with E-state index in [4.69, 9.17) is 0 Å². The minimum atomic E-state index is -3.39. The summed E-state index contributed by atoms with van der Waals surface area (Å²) < 4.78 is 26.0. The lowest BCUT2D eigenvalue weighted by Crippen LogP contribution is -2.51. The molecule has 1 aliphatic heterocycles. The SMILES string of the molecule is CCC(C)N1CCN(S(=O)(=O)c2cnc[nH]2)CC1. The van der Waals surface area contributed by atoms with Crippen LogP contribution in [0.3, 0.4) is 0 Å². The summed E-state index contributed by atoms with van der Waals surface area (Å²) in [6.45, 7) is 7.01. The van der Waals surface area contributed by atoms with Gasteiger partial charge in [-0.1, -0.05) is 6.92 Å². The van der Waals surface area contributed by atoms with Gasteiger partial charge in [0.25, 0.3) is 10.0 Å². The van der Waals surface area contributed by atoms with Crippen molar-refractivity contribution in [2.75, 3.05) is 26.2 Å². The Morgan fingerprint density at radius 2 is 2.06 bits per heavy atom. The molecule has 102 valence electrons. The van der Waals surface area contributed by atoms with E-state index >= 15 is 0 Å². The van der Waals surface area contributed by atoms with Gasteiger partial charge in [-0.15, -0.1) is 0 Å². The van der Waals surface area contributed by atoms with Crippen LogP contribution >= 0.6 is 0 Å². The van der Waals surface area contributed by atoms with Crippen molar-refractivity contribution < 1.29 is 8.42 Å². The van der Waals surface area contributed by atoms with Crippen LogP contribution in [0.1, 0.15) is 20.3 Å². The van der Waals surface area contributed by atoms with Gasteiger partial charge in [0, 0.05) is 32.2 Å². The van der Waals surface area contributed by atoms with Crippen molar-refractivity contribution in [3.05, 3.63) is 12.5 Å². The molecule has 1 aliphatic rings. The molecule has 0 aliphatic carbocycles. The third-order valence-electron chi connectivity index (χ3n) is 3.58. The first kappa shape index (κ1) is 13.5. The number of H-pyrrole nitrogens is 1. The molecule has 0 bridgehead atoms. The Kier molecular flexibility index (Phi) is 4.04. The second kappa shape index (κ2) is 5.38. The molecule has 1 saturated heterocycles. The Bertz CT molecular complexity index is 463. The second-order valence-corrected chi connectivity index (χ2v) is 6.52. The molecule has 1 aromatic heterocycles. The molecule has 1 atom stereocenters. The first-order chi connectivity index (χ1) is 8.55. The molecule has 1 unspecified atom stereocenters. The summed E-state index contributed by atoms with van der Waals surface area (Å²) >= 11 is 0. The fourth-order valence-electron chi connectivity index (χ4n) is 2.17. The number of imidazole rings is 1. The van der Waals surface area contributed by atoms with Gasteiger partial charge in [0.1, 0.15) is 0 Å². The van der Waals surface area contributed by atoms with E-state index in [0.717, 1.165) is 19.5 Å². The topological polar surface area (TPSA) is 69.3 Å². The molecule has 0 saturated carbocycles. The van der Waals surface area contributed by atoms with Crippen molar-refractivity contribution in [2.24, 2.45) is 0 Å². The molecular formula is C11H20N4O2S. The number of hydrogen-bond donors (Lipinski definition) is 1. The summed E-state index contributed by atoms with van der Waals surface area (Å²) in [5, 5.41) is 0.180. The van der Waals surface area contributed by atoms with Crippen LogP contribution in [0.2, 0.25) is 0 Å². The van der Waals surface area contributed by atoms with Gasteiger partial charge in [-0.2, -0.15) is 4.31 Å². The molecule has 2 rings (SSSR count). The van der Waals surface area contributed by atoms with Crippen molar-refractivity contribution >= 4 is 10.0 Å². The molecule has 2 heterocycles. The molecule has 1 N–H and O–H groups in total. The molecule has 1 aromatic rings. The van der Waals surface area contributed by atoms with E-state index in [2.05, 4.69) is 28.7 Å². The van der Waals surface area contributed by atoms with Gasteiger partial charge in [-0.3, -0.25) is 4.90 Å². The minimum absolute atomic E-state index is 0.180. The van der Waals surface area contributed by atoms with Crippen LogP contribution in [0.4, 0.5) is 0 Å². The number of sulfonamides is 1. The van der Waals surface area contributed by atoms with Gasteiger partial charge in [-0.25, -0.2) is 13.4 Å². The Morgan fingerprint density at radius 3 is 2.56 bits per heavy atom. The number of aromatic nitrogens is 2. The Balaban J connectivity index is 2.02. The summed E-state index contributed by atoms with van der Waals surface area (Å²) in [6.07, 6.45) is 3.84. The van der Waals surface area contributed by atoms with Gasteiger partial charge in [0.2, 0.25) is 0 Å². The standard InChI is InChI=1S/C11H20N4O2S/c1-3-10(2)14-4-6-15(7-5-14)18(16,17)11-8-12-9-13-11/h8-10H,3-7H2,1-2H3,(H,12,13). The Morgan fingerprint density at radius 1 is 1.39 bits per heavy atom. The van der Waals surface area contributed by atoms with E-state index in [1.807, 2.05) is 0 Å². The van der Waals surface area contributed by atoms with Crippen LogP contribution in [0.25, 0.3) is 0 Å². The van der Waals surface area contributed by atoms with Crippen LogP contribution in [-0.4, -0.2) is 59.8 Å². The van der Waals surface area contributed by atoms with E-state index in [0.29, 0.717) is 19.1 Å². The zero-order valence-corrected chi connectivity index (χ0v) is 11.7. The van der Waals surface area contributed by atoms with Gasteiger partial charge in [0.05, 0.1) is 12.5 Å². The van der Waals surface area contributed by atoms with Crippen molar-refractivity contribution in [2.45, 2.75) is 31.3 Å². The second-order valence-electron chi connectivity index (χ2n) is 4.61. The normalized spacial score (nSPS) is 21.0. The number of aromatic amines is 1. The highest BCUT2D eigenvalue weighted by Gasteiger charge is 2.30. The highest BCUT2D eigenvalue weighted by Crippen LogP contribution is 2.16. The fourth-order valence-corrected chi connectivity index (χ4v) is 3.48. The zero-order chi connectivity index (χ0) is 13.2. The predicted molar refractivity (Wildman–Crippen MR) is 68.7 cm³/mol. The van der Waals surface area contributed by atoms with Crippen molar-refractivity contribution in [1.29, 1.82) is 0 Å². The maximum atomic E-state index is 12.2. The van der Waals surface area contributed by atoms with E-state index < -0.39 is 10.0 Å². The number of rotatable bonds is 4. The third-order valence-corrected chi connectivity index (χ3v) is 5.40. The summed E-state index contributed by atoms with van der Waals surface area (Å²) in [6, 6.07) is 0.516. The molecule has 0 spiro atoms. The van der Waals surface area contributed by atoms with E-state index in [9.17, 15) is 8.42 Å². The molecule has 6 nitrogen and oxygen atoms in total. The first-order valence-corrected chi connectivity index (χ1v) is 7.72. The molecule has 18 heavy (non-hydrogen) atoms. The Labute approximate surface area is 108 Å². The van der Waals surface area contributed by atoms with Crippen molar-refractivity contribution in [1.82, 2.24) is 19.2 Å². The Hall–Kier alpha value is -0.920. The van der Waals surface area contributed by atoms with Gasteiger partial charge >= 0.3 is 0 Å². The van der Waals surface area contributed by atoms with Crippen LogP contribution in [0, 0.1) is 0 Å². The van der Waals surface area contributed by atoms with Gasteiger partial charge in [-0.05, 0) is 13.3 Å². The molecule has 0 aromatic carbocycles. The van der Waals surface area contributed by atoms with E-state index in [-0.39, 0.29) is 5.03 Å². The van der Waals surface area contributed by atoms with Crippen LogP contribution in [-0.2, 0) is 10.0 Å². The molecule has 1 fully saturated rings. The lowest BCUT2D eigenvalue weighted by molar-refractivity contribution is 0.142. The number of nitrogens with one attached hydrogen (secondary N) is 1. The highest BCUT2D eigenvalue weighted by atomic mass is 32.2. The lowest BCUT2D eigenvalue weighted by Gasteiger charge is -2.36. The molecular weight excluding hydrogens is 252 g/mol. The van der Waals surface area contributed by atoms with Gasteiger partial charge < -0.3 is 4.98 Å². The van der Waals surface area contributed by atoms with E-state index in [1.165, 1.54) is 16.8 Å². The average Bonchev–Trinajstić information content (AvgIpc) is 2.92.